The van der Waals surface area contributed by atoms with Crippen LogP contribution in [0.15, 0.2) is 48.7 Å². The molecule has 0 radical (unpaired) electrons. The van der Waals surface area contributed by atoms with E-state index in [1.165, 1.54) is 0 Å². The third kappa shape index (κ3) is 5.56. The molecule has 6 nitrogen and oxygen atoms in total. The number of ether oxygens (including phenoxy) is 1. The van der Waals surface area contributed by atoms with E-state index in [1.807, 2.05) is 30.3 Å². The molecule has 0 aliphatic heterocycles. The van der Waals surface area contributed by atoms with Crippen LogP contribution in [0.5, 0.6) is 5.75 Å². The van der Waals surface area contributed by atoms with Gasteiger partial charge >= 0.3 is 0 Å². The Morgan fingerprint density at radius 3 is 2.48 bits per heavy atom. The van der Waals surface area contributed by atoms with Gasteiger partial charge in [0.1, 0.15) is 5.75 Å². The molecule has 2 N–H and O–H groups in total. The largest absolute Gasteiger partial charge is 0.496 e. The zero-order valence-corrected chi connectivity index (χ0v) is 17.1. The van der Waals surface area contributed by atoms with Gasteiger partial charge in [0.05, 0.1) is 24.4 Å². The van der Waals surface area contributed by atoms with Crippen LogP contribution in [0.2, 0.25) is 0 Å². The second-order valence-corrected chi connectivity index (χ2v) is 7.62. The molecule has 0 saturated heterocycles. The van der Waals surface area contributed by atoms with Gasteiger partial charge in [-0.3, -0.25) is 14.6 Å². The number of carbonyl (C=O) groups is 2. The second kappa shape index (κ2) is 10.0. The molecule has 1 unspecified atom stereocenters. The summed E-state index contributed by atoms with van der Waals surface area (Å²) in [7, 11) is 1.57. The third-order valence-electron chi connectivity index (χ3n) is 5.63. The number of aromatic nitrogens is 1. The molecular weight excluding hydrogens is 366 g/mol. The highest BCUT2D eigenvalue weighted by molar-refractivity contribution is 5.96. The number of benzene rings is 1. The van der Waals surface area contributed by atoms with Crippen LogP contribution >= 0.6 is 0 Å². The highest BCUT2D eigenvalue weighted by atomic mass is 16.5. The predicted octanol–water partition coefficient (Wildman–Crippen LogP) is 3.50. The maximum Gasteiger partial charge on any atom is 0.255 e. The highest BCUT2D eigenvalue weighted by Crippen LogP contribution is 2.36. The lowest BCUT2D eigenvalue weighted by Gasteiger charge is -2.34. The van der Waals surface area contributed by atoms with Gasteiger partial charge in [-0.1, -0.05) is 18.2 Å². The van der Waals surface area contributed by atoms with Crippen molar-refractivity contribution in [2.24, 2.45) is 11.8 Å². The standard InChI is InChI=1S/C23H29N3O3/c1-16(27)26-22(20-8-5-6-14-24-20)18-12-10-17(11-13-18)15-25-23(28)19-7-3-4-9-21(19)29-2/h3-9,14,17-18,22H,10-13,15H2,1-2H3,(H,25,28)(H,26,27). The number of pyridine rings is 1. The minimum atomic E-state index is -0.103. The van der Waals surface area contributed by atoms with E-state index in [0.29, 0.717) is 29.7 Å². The lowest BCUT2D eigenvalue weighted by Crippen LogP contribution is -2.36. The Labute approximate surface area is 172 Å². The molecule has 1 heterocycles. The van der Waals surface area contributed by atoms with E-state index >= 15 is 0 Å². The molecule has 2 amide bonds. The Morgan fingerprint density at radius 2 is 1.83 bits per heavy atom. The normalized spacial score (nSPS) is 19.8. The summed E-state index contributed by atoms with van der Waals surface area (Å²) in [6, 6.07) is 13.0. The Hall–Kier alpha value is -2.89. The molecule has 1 fully saturated rings. The Bertz CT molecular complexity index is 817. The van der Waals surface area contributed by atoms with Crippen LogP contribution < -0.4 is 15.4 Å². The summed E-state index contributed by atoms with van der Waals surface area (Å²) in [6.45, 7) is 2.20. The molecule has 1 atom stereocenters. The van der Waals surface area contributed by atoms with Gasteiger partial charge < -0.3 is 15.4 Å². The summed E-state index contributed by atoms with van der Waals surface area (Å²) in [4.78, 5) is 28.7. The number of hydrogen-bond donors (Lipinski definition) is 2. The van der Waals surface area contributed by atoms with E-state index in [0.717, 1.165) is 31.4 Å². The average molecular weight is 396 g/mol. The summed E-state index contributed by atoms with van der Waals surface area (Å²) in [5.74, 6) is 1.24. The number of para-hydroxylation sites is 1. The molecule has 154 valence electrons. The van der Waals surface area contributed by atoms with Crippen LogP contribution in [0.3, 0.4) is 0 Å². The number of rotatable bonds is 7. The topological polar surface area (TPSA) is 80.3 Å². The molecule has 1 aromatic heterocycles. The number of hydrogen-bond acceptors (Lipinski definition) is 4. The number of carbonyl (C=O) groups excluding carboxylic acids is 2. The fourth-order valence-electron chi connectivity index (χ4n) is 4.10. The number of nitrogens with zero attached hydrogens (tertiary/aromatic N) is 1. The van der Waals surface area contributed by atoms with Gasteiger partial charge in [0, 0.05) is 19.7 Å². The van der Waals surface area contributed by atoms with Gasteiger partial charge in [0.2, 0.25) is 5.91 Å². The van der Waals surface area contributed by atoms with Crippen LogP contribution in [-0.2, 0) is 4.79 Å². The van der Waals surface area contributed by atoms with Crippen molar-refractivity contribution in [1.82, 2.24) is 15.6 Å². The minimum absolute atomic E-state index is 0.0353. The van der Waals surface area contributed by atoms with E-state index in [1.54, 1.807) is 32.4 Å². The molecule has 6 heteroatoms. The van der Waals surface area contributed by atoms with Crippen molar-refractivity contribution in [2.45, 2.75) is 38.6 Å². The number of methoxy groups -OCH3 is 1. The maximum absolute atomic E-state index is 12.5. The van der Waals surface area contributed by atoms with Crippen LogP contribution in [0.25, 0.3) is 0 Å². The zero-order valence-electron chi connectivity index (χ0n) is 17.1. The van der Waals surface area contributed by atoms with Crippen molar-refractivity contribution >= 4 is 11.8 Å². The monoisotopic (exact) mass is 395 g/mol. The Morgan fingerprint density at radius 1 is 1.10 bits per heavy atom. The molecule has 2 aromatic rings. The van der Waals surface area contributed by atoms with Gasteiger partial charge in [0.25, 0.3) is 5.91 Å². The number of nitrogens with one attached hydrogen (secondary N) is 2. The zero-order chi connectivity index (χ0) is 20.6. The fourth-order valence-corrected chi connectivity index (χ4v) is 4.10. The SMILES string of the molecule is COc1ccccc1C(=O)NCC1CCC(C(NC(C)=O)c2ccccn2)CC1. The quantitative estimate of drug-likeness (QED) is 0.752. The molecule has 0 spiro atoms. The summed E-state index contributed by atoms with van der Waals surface area (Å²) >= 11 is 0. The molecule has 29 heavy (non-hydrogen) atoms. The first-order valence-corrected chi connectivity index (χ1v) is 10.2. The summed E-state index contributed by atoms with van der Waals surface area (Å²) in [6.07, 6.45) is 5.79. The van der Waals surface area contributed by atoms with E-state index in [4.69, 9.17) is 4.74 Å². The lowest BCUT2D eigenvalue weighted by molar-refractivity contribution is -0.120. The van der Waals surface area contributed by atoms with Crippen molar-refractivity contribution in [2.75, 3.05) is 13.7 Å². The average Bonchev–Trinajstić information content (AvgIpc) is 2.76. The highest BCUT2D eigenvalue weighted by Gasteiger charge is 2.30. The van der Waals surface area contributed by atoms with Gasteiger partial charge in [-0.25, -0.2) is 0 Å². The fraction of sp³-hybridized carbons (Fsp3) is 0.435. The van der Waals surface area contributed by atoms with Crippen LogP contribution in [-0.4, -0.2) is 30.5 Å². The smallest absolute Gasteiger partial charge is 0.255 e. The second-order valence-electron chi connectivity index (χ2n) is 7.62. The van der Waals surface area contributed by atoms with Crippen molar-refractivity contribution in [3.05, 3.63) is 59.9 Å². The van der Waals surface area contributed by atoms with Gasteiger partial charge in [0.15, 0.2) is 0 Å². The third-order valence-corrected chi connectivity index (χ3v) is 5.63. The van der Waals surface area contributed by atoms with E-state index in [-0.39, 0.29) is 17.9 Å². The van der Waals surface area contributed by atoms with Crippen molar-refractivity contribution < 1.29 is 14.3 Å². The summed E-state index contributed by atoms with van der Waals surface area (Å²) < 4.78 is 5.27. The molecular formula is C23H29N3O3. The Kier molecular flexibility index (Phi) is 7.22. The number of amides is 2. The molecule has 1 aromatic carbocycles. The minimum Gasteiger partial charge on any atom is -0.496 e. The van der Waals surface area contributed by atoms with Crippen molar-refractivity contribution in [3.8, 4) is 5.75 Å². The first-order chi connectivity index (χ1) is 14.1. The molecule has 1 aliphatic rings. The lowest BCUT2D eigenvalue weighted by atomic mass is 9.77. The van der Waals surface area contributed by atoms with Crippen LogP contribution in [0.4, 0.5) is 0 Å². The molecule has 1 aliphatic carbocycles. The van der Waals surface area contributed by atoms with Crippen molar-refractivity contribution in [3.63, 3.8) is 0 Å². The molecule has 1 saturated carbocycles. The van der Waals surface area contributed by atoms with Gasteiger partial charge in [-0.05, 0) is 61.8 Å². The molecule has 3 rings (SSSR count). The summed E-state index contributed by atoms with van der Waals surface area (Å²) in [5, 5.41) is 6.13. The van der Waals surface area contributed by atoms with Crippen LogP contribution in [0.1, 0.15) is 54.7 Å². The predicted molar refractivity (Wildman–Crippen MR) is 112 cm³/mol. The maximum atomic E-state index is 12.5. The van der Waals surface area contributed by atoms with Gasteiger partial charge in [-0.2, -0.15) is 0 Å². The summed E-state index contributed by atoms with van der Waals surface area (Å²) in [5.41, 5.74) is 1.47. The van der Waals surface area contributed by atoms with Crippen LogP contribution in [0, 0.1) is 11.8 Å². The molecule has 0 bridgehead atoms. The van der Waals surface area contributed by atoms with Crippen molar-refractivity contribution in [1.29, 1.82) is 0 Å². The van der Waals surface area contributed by atoms with E-state index < -0.39 is 0 Å². The first kappa shape index (κ1) is 20.8. The Balaban J connectivity index is 1.54. The van der Waals surface area contributed by atoms with E-state index in [2.05, 4.69) is 15.6 Å². The van der Waals surface area contributed by atoms with Gasteiger partial charge in [-0.15, -0.1) is 0 Å². The first-order valence-electron chi connectivity index (χ1n) is 10.2. The van der Waals surface area contributed by atoms with E-state index in [9.17, 15) is 9.59 Å².